The number of ether oxygens (including phenoxy) is 1. The average Bonchev–Trinajstić information content (AvgIpc) is 3.35. The second kappa shape index (κ2) is 7.53. The molecule has 2 N–H and O–H groups in total. The van der Waals surface area contributed by atoms with Gasteiger partial charge in [-0.3, -0.25) is 0 Å². The predicted octanol–water partition coefficient (Wildman–Crippen LogP) is 2.50. The van der Waals surface area contributed by atoms with Crippen LogP contribution in [0.25, 0.3) is 11.5 Å². The molecule has 1 saturated heterocycles. The Bertz CT molecular complexity index is 839. The third kappa shape index (κ3) is 3.83. The van der Waals surface area contributed by atoms with Gasteiger partial charge in [-0.2, -0.15) is 4.98 Å². The van der Waals surface area contributed by atoms with Crippen LogP contribution in [0.15, 0.2) is 47.1 Å². The van der Waals surface area contributed by atoms with Crippen LogP contribution in [0.5, 0.6) is 5.75 Å². The van der Waals surface area contributed by atoms with E-state index in [1.54, 1.807) is 13.3 Å². The van der Waals surface area contributed by atoms with E-state index >= 15 is 0 Å². The zero-order valence-electron chi connectivity index (χ0n) is 14.6. The molecule has 134 valence electrons. The van der Waals surface area contributed by atoms with E-state index in [1.807, 2.05) is 36.4 Å². The van der Waals surface area contributed by atoms with Crippen LogP contribution in [-0.2, 0) is 6.42 Å². The molecule has 2 aromatic heterocycles. The van der Waals surface area contributed by atoms with Gasteiger partial charge < -0.3 is 19.9 Å². The van der Waals surface area contributed by atoms with Gasteiger partial charge in [-0.15, -0.1) is 0 Å². The summed E-state index contributed by atoms with van der Waals surface area (Å²) in [4.78, 5) is 8.92. The largest absolute Gasteiger partial charge is 0.497 e. The first kappa shape index (κ1) is 16.5. The highest BCUT2D eigenvalue weighted by molar-refractivity contribution is 5.54. The molecule has 1 aliphatic rings. The third-order valence-electron chi connectivity index (χ3n) is 4.41. The lowest BCUT2D eigenvalue weighted by Crippen LogP contribution is -2.22. The summed E-state index contributed by atoms with van der Waals surface area (Å²) in [5.74, 6) is 2.82. The van der Waals surface area contributed by atoms with Crippen molar-refractivity contribution in [3.8, 4) is 17.2 Å². The van der Waals surface area contributed by atoms with Gasteiger partial charge in [0, 0.05) is 25.2 Å². The molecular weight excluding hydrogens is 330 g/mol. The molecular formula is C19H21N5O2. The molecule has 4 rings (SSSR count). The third-order valence-corrected chi connectivity index (χ3v) is 4.41. The van der Waals surface area contributed by atoms with Crippen molar-refractivity contribution in [1.82, 2.24) is 20.4 Å². The molecule has 1 fully saturated rings. The van der Waals surface area contributed by atoms with Crippen LogP contribution in [0, 0.1) is 0 Å². The van der Waals surface area contributed by atoms with Crippen molar-refractivity contribution in [3.63, 3.8) is 0 Å². The lowest BCUT2D eigenvalue weighted by atomic mass is 10.1. The summed E-state index contributed by atoms with van der Waals surface area (Å²) in [6.07, 6.45) is 3.48. The monoisotopic (exact) mass is 351 g/mol. The zero-order chi connectivity index (χ0) is 17.8. The van der Waals surface area contributed by atoms with E-state index in [1.165, 1.54) is 0 Å². The molecule has 3 aromatic rings. The smallest absolute Gasteiger partial charge is 0.259 e. The molecule has 0 saturated carbocycles. The summed E-state index contributed by atoms with van der Waals surface area (Å²) in [6, 6.07) is 12.2. The number of rotatable bonds is 6. The molecule has 7 heteroatoms. The van der Waals surface area contributed by atoms with Crippen molar-refractivity contribution in [2.75, 3.05) is 25.5 Å². The Morgan fingerprint density at radius 1 is 1.23 bits per heavy atom. The number of pyridine rings is 1. The fraction of sp³-hybridized carbons (Fsp3) is 0.316. The molecule has 0 aliphatic carbocycles. The molecule has 1 aliphatic heterocycles. The second-order valence-corrected chi connectivity index (χ2v) is 6.31. The van der Waals surface area contributed by atoms with Gasteiger partial charge in [-0.1, -0.05) is 17.3 Å². The average molecular weight is 351 g/mol. The quantitative estimate of drug-likeness (QED) is 0.706. The van der Waals surface area contributed by atoms with Crippen molar-refractivity contribution < 1.29 is 9.26 Å². The molecule has 1 atom stereocenters. The highest BCUT2D eigenvalue weighted by Gasteiger charge is 2.15. The van der Waals surface area contributed by atoms with Gasteiger partial charge in [0.05, 0.1) is 12.7 Å². The Labute approximate surface area is 151 Å². The summed E-state index contributed by atoms with van der Waals surface area (Å²) in [6.45, 7) is 2.02. The van der Waals surface area contributed by atoms with Crippen LogP contribution in [0.3, 0.4) is 0 Å². The first-order chi connectivity index (χ1) is 12.8. The van der Waals surface area contributed by atoms with Gasteiger partial charge in [0.15, 0.2) is 5.82 Å². The minimum absolute atomic E-state index is 0.438. The van der Waals surface area contributed by atoms with Crippen LogP contribution in [0.1, 0.15) is 17.8 Å². The Kier molecular flexibility index (Phi) is 4.79. The summed E-state index contributed by atoms with van der Waals surface area (Å²) in [7, 11) is 1.65. The highest BCUT2D eigenvalue weighted by Crippen LogP contribution is 2.20. The SMILES string of the molecule is COc1ccc(Cc2noc(-c3ccc(N[C@H]4CCNC4)nc3)n2)cc1. The van der Waals surface area contributed by atoms with Crippen molar-refractivity contribution in [2.24, 2.45) is 0 Å². The molecule has 7 nitrogen and oxygen atoms in total. The van der Waals surface area contributed by atoms with Gasteiger partial charge in [-0.05, 0) is 42.8 Å². The van der Waals surface area contributed by atoms with E-state index in [0.717, 1.165) is 42.2 Å². The number of aromatic nitrogens is 3. The van der Waals surface area contributed by atoms with E-state index in [9.17, 15) is 0 Å². The molecule has 0 amide bonds. The van der Waals surface area contributed by atoms with E-state index in [-0.39, 0.29) is 0 Å². The van der Waals surface area contributed by atoms with Crippen LogP contribution in [-0.4, -0.2) is 41.4 Å². The molecule has 0 bridgehead atoms. The lowest BCUT2D eigenvalue weighted by Gasteiger charge is -2.11. The fourth-order valence-electron chi connectivity index (χ4n) is 2.96. The minimum Gasteiger partial charge on any atom is -0.497 e. The van der Waals surface area contributed by atoms with E-state index in [4.69, 9.17) is 9.26 Å². The number of benzene rings is 1. The van der Waals surface area contributed by atoms with Crippen LogP contribution >= 0.6 is 0 Å². The number of anilines is 1. The van der Waals surface area contributed by atoms with Gasteiger partial charge in [0.1, 0.15) is 11.6 Å². The maximum Gasteiger partial charge on any atom is 0.259 e. The highest BCUT2D eigenvalue weighted by atomic mass is 16.5. The Hall–Kier alpha value is -2.93. The fourth-order valence-corrected chi connectivity index (χ4v) is 2.96. The molecule has 1 aromatic carbocycles. The molecule has 3 heterocycles. The van der Waals surface area contributed by atoms with Gasteiger partial charge >= 0.3 is 0 Å². The van der Waals surface area contributed by atoms with E-state index in [0.29, 0.717) is 24.2 Å². The van der Waals surface area contributed by atoms with Gasteiger partial charge in [0.2, 0.25) is 0 Å². The first-order valence-corrected chi connectivity index (χ1v) is 8.69. The Morgan fingerprint density at radius 3 is 2.81 bits per heavy atom. The zero-order valence-corrected chi connectivity index (χ0v) is 14.6. The molecule has 0 spiro atoms. The first-order valence-electron chi connectivity index (χ1n) is 8.69. The standard InChI is InChI=1S/C19H21N5O2/c1-25-16-5-2-13(3-6-16)10-18-23-19(26-24-18)14-4-7-17(21-11-14)22-15-8-9-20-12-15/h2-7,11,15,20H,8-10,12H2,1H3,(H,21,22)/t15-/m0/s1. The molecule has 0 radical (unpaired) electrons. The maximum absolute atomic E-state index is 5.38. The van der Waals surface area contributed by atoms with Crippen molar-refractivity contribution in [3.05, 3.63) is 54.0 Å². The Morgan fingerprint density at radius 2 is 2.12 bits per heavy atom. The lowest BCUT2D eigenvalue weighted by molar-refractivity contribution is 0.414. The summed E-state index contributed by atoms with van der Waals surface area (Å²) < 4.78 is 10.6. The van der Waals surface area contributed by atoms with E-state index < -0.39 is 0 Å². The van der Waals surface area contributed by atoms with Crippen LogP contribution in [0.2, 0.25) is 0 Å². The normalized spacial score (nSPS) is 16.6. The predicted molar refractivity (Wildman–Crippen MR) is 98.2 cm³/mol. The minimum atomic E-state index is 0.438. The summed E-state index contributed by atoms with van der Waals surface area (Å²) >= 11 is 0. The summed E-state index contributed by atoms with van der Waals surface area (Å²) in [5, 5.41) is 10.8. The number of hydrogen-bond donors (Lipinski definition) is 2. The van der Waals surface area contributed by atoms with E-state index in [2.05, 4.69) is 25.8 Å². The molecule has 0 unspecified atom stereocenters. The second-order valence-electron chi connectivity index (χ2n) is 6.31. The number of methoxy groups -OCH3 is 1. The number of nitrogens with zero attached hydrogens (tertiary/aromatic N) is 3. The van der Waals surface area contributed by atoms with Crippen molar-refractivity contribution >= 4 is 5.82 Å². The summed E-state index contributed by atoms with van der Waals surface area (Å²) in [5.41, 5.74) is 1.91. The maximum atomic E-state index is 5.38. The van der Waals surface area contributed by atoms with Crippen LogP contribution < -0.4 is 15.4 Å². The topological polar surface area (TPSA) is 85.1 Å². The van der Waals surface area contributed by atoms with Gasteiger partial charge in [-0.25, -0.2) is 4.98 Å². The van der Waals surface area contributed by atoms with Crippen molar-refractivity contribution in [2.45, 2.75) is 18.9 Å². The van der Waals surface area contributed by atoms with Gasteiger partial charge in [0.25, 0.3) is 5.89 Å². The Balaban J connectivity index is 1.41. The molecule has 26 heavy (non-hydrogen) atoms. The van der Waals surface area contributed by atoms with Crippen molar-refractivity contribution in [1.29, 1.82) is 0 Å². The number of nitrogens with one attached hydrogen (secondary N) is 2. The van der Waals surface area contributed by atoms with Crippen LogP contribution in [0.4, 0.5) is 5.82 Å². The number of hydrogen-bond acceptors (Lipinski definition) is 7.